The van der Waals surface area contributed by atoms with Crippen molar-refractivity contribution in [2.24, 2.45) is 22.7 Å². The fraction of sp³-hybridized carbons (Fsp3) is 0.636. The molecule has 4 aliphatic rings. The topological polar surface area (TPSA) is 74.6 Å². The summed E-state index contributed by atoms with van der Waals surface area (Å²) in [6, 6.07) is 0. The molecular weight excluding hydrogens is 328 g/mol. The zero-order valence-electron chi connectivity index (χ0n) is 15.7. The van der Waals surface area contributed by atoms with Gasteiger partial charge in [0.2, 0.25) is 0 Å². The van der Waals surface area contributed by atoms with Gasteiger partial charge >= 0.3 is 0 Å². The normalized spacial score (nSPS) is 44.6. The predicted molar refractivity (Wildman–Crippen MR) is 98.3 cm³/mol. The summed E-state index contributed by atoms with van der Waals surface area (Å²) >= 11 is 0. The van der Waals surface area contributed by atoms with Crippen LogP contribution in [-0.2, 0) is 9.59 Å². The first-order chi connectivity index (χ1) is 12.2. The Kier molecular flexibility index (Phi) is 3.78. The Morgan fingerprint density at radius 1 is 1.35 bits per heavy atom. The molecule has 0 spiro atoms. The summed E-state index contributed by atoms with van der Waals surface area (Å²) in [5.74, 6) is 0.137. The van der Waals surface area contributed by atoms with E-state index in [1.807, 2.05) is 13.0 Å². The summed E-state index contributed by atoms with van der Waals surface area (Å²) < 4.78 is 0. The van der Waals surface area contributed by atoms with Crippen LogP contribution in [-0.4, -0.2) is 34.0 Å². The minimum Gasteiger partial charge on any atom is -0.388 e. The van der Waals surface area contributed by atoms with E-state index >= 15 is 0 Å². The molecule has 0 bridgehead atoms. The number of aliphatic hydroxyl groups excluding tert-OH is 1. The molecule has 4 aliphatic carbocycles. The second kappa shape index (κ2) is 5.49. The lowest BCUT2D eigenvalue weighted by molar-refractivity contribution is -0.150. The van der Waals surface area contributed by atoms with E-state index in [2.05, 4.69) is 19.6 Å². The Morgan fingerprint density at radius 2 is 2.08 bits per heavy atom. The van der Waals surface area contributed by atoms with Gasteiger partial charge in [0.05, 0.1) is 0 Å². The predicted octanol–water partition coefficient (Wildman–Crippen LogP) is 2.90. The molecule has 140 valence electrons. The molecule has 0 aliphatic heterocycles. The largest absolute Gasteiger partial charge is 0.388 e. The first-order valence-electron chi connectivity index (χ1n) is 9.67. The average molecular weight is 356 g/mol. The molecule has 0 amide bonds. The fourth-order valence-corrected chi connectivity index (χ4v) is 6.46. The molecule has 4 rings (SSSR count). The lowest BCUT2D eigenvalue weighted by Gasteiger charge is -2.54. The molecule has 0 aromatic rings. The summed E-state index contributed by atoms with van der Waals surface area (Å²) in [5, 5.41) is 20.7. The monoisotopic (exact) mass is 356 g/mol. The van der Waals surface area contributed by atoms with Crippen molar-refractivity contribution in [2.75, 3.05) is 6.61 Å². The Bertz CT molecular complexity index is 775. The molecule has 0 radical (unpaired) electrons. The Morgan fingerprint density at radius 3 is 2.77 bits per heavy atom. The summed E-state index contributed by atoms with van der Waals surface area (Å²) in [5.41, 5.74) is 0.843. The van der Waals surface area contributed by atoms with E-state index in [9.17, 15) is 19.8 Å². The Labute approximate surface area is 154 Å². The molecule has 0 aromatic carbocycles. The number of fused-ring (bicyclic) bond motifs is 5. The highest BCUT2D eigenvalue weighted by molar-refractivity contribution is 5.93. The highest BCUT2D eigenvalue weighted by atomic mass is 16.3. The molecule has 26 heavy (non-hydrogen) atoms. The third kappa shape index (κ3) is 1.97. The summed E-state index contributed by atoms with van der Waals surface area (Å²) in [7, 11) is 0. The molecule has 5 atom stereocenters. The highest BCUT2D eigenvalue weighted by Gasteiger charge is 2.65. The van der Waals surface area contributed by atoms with Crippen molar-refractivity contribution in [3.63, 3.8) is 0 Å². The van der Waals surface area contributed by atoms with E-state index in [1.165, 1.54) is 11.1 Å². The van der Waals surface area contributed by atoms with Gasteiger partial charge in [-0.1, -0.05) is 37.6 Å². The van der Waals surface area contributed by atoms with E-state index in [0.717, 1.165) is 19.3 Å². The minimum absolute atomic E-state index is 0.0683. The molecule has 0 heterocycles. The molecule has 4 nitrogen and oxygen atoms in total. The third-order valence-corrected chi connectivity index (χ3v) is 8.08. The molecule has 2 N–H and O–H groups in total. The van der Waals surface area contributed by atoms with Crippen molar-refractivity contribution in [2.45, 2.75) is 58.0 Å². The van der Waals surface area contributed by atoms with Gasteiger partial charge in [0.25, 0.3) is 0 Å². The van der Waals surface area contributed by atoms with Crippen LogP contribution in [0, 0.1) is 22.7 Å². The van der Waals surface area contributed by atoms with Crippen molar-refractivity contribution in [3.05, 3.63) is 35.5 Å². The highest BCUT2D eigenvalue weighted by Crippen LogP contribution is 2.66. The molecular formula is C22H28O4. The number of carbonyl (C=O) groups is 2. The van der Waals surface area contributed by atoms with E-state index in [4.69, 9.17) is 0 Å². The Hall–Kier alpha value is -1.52. The number of hydrogen-bond donors (Lipinski definition) is 2. The minimum atomic E-state index is -1.64. The lowest BCUT2D eigenvalue weighted by Crippen LogP contribution is -2.56. The van der Waals surface area contributed by atoms with E-state index in [1.54, 1.807) is 0 Å². The summed E-state index contributed by atoms with van der Waals surface area (Å²) in [4.78, 5) is 24.4. The van der Waals surface area contributed by atoms with Gasteiger partial charge in [-0.05, 0) is 55.6 Å². The van der Waals surface area contributed by atoms with Gasteiger partial charge < -0.3 is 10.2 Å². The fourth-order valence-electron chi connectivity index (χ4n) is 6.46. The number of ketones is 2. The van der Waals surface area contributed by atoms with Crippen molar-refractivity contribution in [3.8, 4) is 0 Å². The van der Waals surface area contributed by atoms with Crippen LogP contribution in [0.4, 0.5) is 0 Å². The molecule has 2 fully saturated rings. The van der Waals surface area contributed by atoms with Crippen LogP contribution in [0.25, 0.3) is 0 Å². The number of rotatable bonds is 2. The van der Waals surface area contributed by atoms with Crippen molar-refractivity contribution in [1.82, 2.24) is 0 Å². The molecule has 0 saturated heterocycles. The number of allylic oxidation sites excluding steroid dienone is 4. The molecule has 4 heteroatoms. The lowest BCUT2D eigenvalue weighted by atomic mass is 9.50. The standard InChI is InChI=1S/C22H28O4/c1-13-10-18-16-5-4-14-11-15(24)6-8-20(14,2)17(16)7-9-21(18,3)22(13,26)19(25)12-23/h7,11,16,18,23,26H,1,4-6,8-10,12H2,2-3H3/t16-,18+,20+,21+,22+/m1/s1. The molecule has 0 aromatic heterocycles. The number of aliphatic hydroxyl groups is 2. The van der Waals surface area contributed by atoms with Gasteiger partial charge in [0, 0.05) is 17.3 Å². The molecule has 0 unspecified atom stereocenters. The van der Waals surface area contributed by atoms with E-state index in [0.29, 0.717) is 30.8 Å². The zero-order valence-corrected chi connectivity index (χ0v) is 15.7. The SMILES string of the molecule is C=C1C[C@H]2[C@@H]3CCC4=CC(=O)CC[C@]4(C)C3=CC[C@]2(C)[C@@]1(O)C(=O)CO. The van der Waals surface area contributed by atoms with Crippen molar-refractivity contribution < 1.29 is 19.8 Å². The van der Waals surface area contributed by atoms with Crippen LogP contribution in [0.3, 0.4) is 0 Å². The van der Waals surface area contributed by atoms with Crippen LogP contribution in [0.5, 0.6) is 0 Å². The second-order valence-corrected chi connectivity index (χ2v) is 9.10. The van der Waals surface area contributed by atoms with Crippen molar-refractivity contribution >= 4 is 11.6 Å². The van der Waals surface area contributed by atoms with Gasteiger partial charge in [0.15, 0.2) is 17.2 Å². The van der Waals surface area contributed by atoms with Crippen LogP contribution in [0.1, 0.15) is 52.4 Å². The number of carbonyl (C=O) groups excluding carboxylic acids is 2. The first kappa shape index (κ1) is 17.9. The van der Waals surface area contributed by atoms with E-state index < -0.39 is 23.4 Å². The van der Waals surface area contributed by atoms with Gasteiger partial charge in [0.1, 0.15) is 6.61 Å². The second-order valence-electron chi connectivity index (χ2n) is 9.10. The van der Waals surface area contributed by atoms with Crippen LogP contribution in [0.15, 0.2) is 35.5 Å². The van der Waals surface area contributed by atoms with Gasteiger partial charge in [-0.2, -0.15) is 0 Å². The summed E-state index contributed by atoms with van der Waals surface area (Å²) in [6.07, 6.45) is 8.57. The maximum atomic E-state index is 12.5. The summed E-state index contributed by atoms with van der Waals surface area (Å²) in [6.45, 7) is 7.60. The Balaban J connectivity index is 1.79. The van der Waals surface area contributed by atoms with Gasteiger partial charge in [-0.3, -0.25) is 9.59 Å². The molecule has 2 saturated carbocycles. The number of hydrogen-bond acceptors (Lipinski definition) is 4. The smallest absolute Gasteiger partial charge is 0.194 e. The first-order valence-corrected chi connectivity index (χ1v) is 9.67. The average Bonchev–Trinajstić information content (AvgIpc) is 2.83. The third-order valence-electron chi connectivity index (χ3n) is 8.08. The maximum absolute atomic E-state index is 12.5. The van der Waals surface area contributed by atoms with E-state index in [-0.39, 0.29) is 17.1 Å². The maximum Gasteiger partial charge on any atom is 0.194 e. The van der Waals surface area contributed by atoms with Crippen LogP contribution in [0.2, 0.25) is 0 Å². The number of Topliss-reactive ketones (excluding diaryl/α,β-unsaturated/α-hetero) is 1. The van der Waals surface area contributed by atoms with Gasteiger partial charge in [-0.15, -0.1) is 0 Å². The quantitative estimate of drug-likeness (QED) is 0.746. The zero-order chi connectivity index (χ0) is 18.9. The van der Waals surface area contributed by atoms with Crippen LogP contribution >= 0.6 is 0 Å². The van der Waals surface area contributed by atoms with Gasteiger partial charge in [-0.25, -0.2) is 0 Å². The van der Waals surface area contributed by atoms with Crippen molar-refractivity contribution in [1.29, 1.82) is 0 Å². The van der Waals surface area contributed by atoms with Crippen LogP contribution < -0.4 is 0 Å².